The van der Waals surface area contributed by atoms with Crippen LogP contribution in [0.2, 0.25) is 0 Å². The third-order valence-electron chi connectivity index (χ3n) is 5.54. The Labute approximate surface area is 155 Å². The molecule has 0 spiro atoms. The number of methoxy groups -OCH3 is 1. The third-order valence-corrected chi connectivity index (χ3v) is 5.54. The summed E-state index contributed by atoms with van der Waals surface area (Å²) >= 11 is 0. The number of ether oxygens (including phenoxy) is 1. The third kappa shape index (κ3) is 4.62. The van der Waals surface area contributed by atoms with E-state index in [-0.39, 0.29) is 11.9 Å². The van der Waals surface area contributed by atoms with Crippen LogP contribution in [0.3, 0.4) is 0 Å². The number of nitrogens with zero attached hydrogens (tertiary/aromatic N) is 2. The average molecular weight is 359 g/mol. The summed E-state index contributed by atoms with van der Waals surface area (Å²) in [7, 11) is 3.52. The van der Waals surface area contributed by atoms with Crippen molar-refractivity contribution in [3.63, 3.8) is 0 Å². The molecule has 1 N–H and O–H groups in total. The molecular formula is C20H29N3O3. The molecular weight excluding hydrogens is 330 g/mol. The second-order valence-corrected chi connectivity index (χ2v) is 7.41. The second kappa shape index (κ2) is 8.64. The number of carbonyl (C=O) groups is 2. The van der Waals surface area contributed by atoms with Crippen molar-refractivity contribution in [3.8, 4) is 0 Å². The molecule has 6 nitrogen and oxygen atoms in total. The molecule has 1 aromatic rings. The minimum Gasteiger partial charge on any atom is -0.465 e. The largest absolute Gasteiger partial charge is 0.465 e. The minimum absolute atomic E-state index is 0.119. The van der Waals surface area contributed by atoms with Crippen LogP contribution in [0.1, 0.15) is 46.4 Å². The van der Waals surface area contributed by atoms with Crippen molar-refractivity contribution in [1.82, 2.24) is 15.1 Å². The maximum Gasteiger partial charge on any atom is 0.337 e. The quantitative estimate of drug-likeness (QED) is 0.830. The van der Waals surface area contributed by atoms with Crippen molar-refractivity contribution in [2.75, 3.05) is 40.3 Å². The van der Waals surface area contributed by atoms with Crippen molar-refractivity contribution in [1.29, 1.82) is 0 Å². The zero-order valence-electron chi connectivity index (χ0n) is 15.7. The van der Waals surface area contributed by atoms with E-state index < -0.39 is 5.97 Å². The van der Waals surface area contributed by atoms with Gasteiger partial charge in [-0.3, -0.25) is 9.69 Å². The van der Waals surface area contributed by atoms with Gasteiger partial charge in [0.1, 0.15) is 0 Å². The molecule has 1 aromatic carbocycles. The lowest BCUT2D eigenvalue weighted by molar-refractivity contribution is 0.0600. The van der Waals surface area contributed by atoms with Gasteiger partial charge in [0.15, 0.2) is 0 Å². The first-order valence-electron chi connectivity index (χ1n) is 9.48. The maximum atomic E-state index is 12.6. The van der Waals surface area contributed by atoms with Crippen molar-refractivity contribution < 1.29 is 14.3 Å². The molecule has 142 valence electrons. The molecule has 2 aliphatic heterocycles. The van der Waals surface area contributed by atoms with Crippen LogP contribution in [-0.2, 0) is 4.74 Å². The van der Waals surface area contributed by atoms with Crippen molar-refractivity contribution in [2.24, 2.45) is 0 Å². The van der Waals surface area contributed by atoms with E-state index in [0.717, 1.165) is 39.0 Å². The number of esters is 1. The van der Waals surface area contributed by atoms with E-state index in [2.05, 4.69) is 22.2 Å². The lowest BCUT2D eigenvalue weighted by atomic mass is 9.98. The Balaban J connectivity index is 1.58. The van der Waals surface area contributed by atoms with Crippen LogP contribution in [0.4, 0.5) is 0 Å². The maximum absolute atomic E-state index is 12.6. The van der Waals surface area contributed by atoms with Crippen LogP contribution < -0.4 is 5.32 Å². The normalized spacial score (nSPS) is 22.8. The molecule has 0 aromatic heterocycles. The van der Waals surface area contributed by atoms with E-state index in [4.69, 9.17) is 4.74 Å². The van der Waals surface area contributed by atoms with Crippen LogP contribution in [0.25, 0.3) is 0 Å². The fraction of sp³-hybridized carbons (Fsp3) is 0.600. The lowest BCUT2D eigenvalue weighted by Crippen LogP contribution is -2.53. The number of piperidine rings is 2. The molecule has 2 fully saturated rings. The Kier molecular flexibility index (Phi) is 6.27. The number of hydrogen-bond donors (Lipinski definition) is 1. The molecule has 0 unspecified atom stereocenters. The zero-order valence-corrected chi connectivity index (χ0v) is 15.7. The second-order valence-electron chi connectivity index (χ2n) is 7.41. The molecule has 0 radical (unpaired) electrons. The van der Waals surface area contributed by atoms with Gasteiger partial charge in [-0.05, 0) is 70.6 Å². The van der Waals surface area contributed by atoms with Gasteiger partial charge in [0.25, 0.3) is 5.91 Å². The van der Waals surface area contributed by atoms with Gasteiger partial charge in [-0.1, -0.05) is 6.07 Å². The van der Waals surface area contributed by atoms with E-state index in [1.807, 2.05) is 0 Å². The summed E-state index contributed by atoms with van der Waals surface area (Å²) in [6.07, 6.45) is 4.53. The summed E-state index contributed by atoms with van der Waals surface area (Å²) in [6, 6.07) is 7.50. The van der Waals surface area contributed by atoms with Gasteiger partial charge in [0, 0.05) is 24.2 Å². The highest BCUT2D eigenvalue weighted by Gasteiger charge is 2.28. The Bertz CT molecular complexity index is 641. The Hall–Kier alpha value is -1.92. The molecule has 0 saturated carbocycles. The predicted octanol–water partition coefficient (Wildman–Crippen LogP) is 1.76. The Morgan fingerprint density at radius 2 is 1.85 bits per heavy atom. The number of nitrogens with one attached hydrogen (secondary N) is 1. The highest BCUT2D eigenvalue weighted by molar-refractivity contribution is 5.98. The van der Waals surface area contributed by atoms with E-state index >= 15 is 0 Å². The fourth-order valence-electron chi connectivity index (χ4n) is 3.99. The number of hydrogen-bond acceptors (Lipinski definition) is 5. The topological polar surface area (TPSA) is 61.9 Å². The van der Waals surface area contributed by atoms with Crippen molar-refractivity contribution in [2.45, 2.75) is 37.8 Å². The van der Waals surface area contributed by atoms with Crippen LogP contribution in [0, 0.1) is 0 Å². The standard InChI is InChI=1S/C20H29N3O3/c1-22-11-8-18(9-12-22)23-10-4-7-17(14-23)21-19(24)15-5-3-6-16(13-15)20(25)26-2/h3,5-6,13,17-18H,4,7-12,14H2,1-2H3,(H,21,24)/t17-/m1/s1. The van der Waals surface area contributed by atoms with Gasteiger partial charge in [-0.25, -0.2) is 4.79 Å². The molecule has 1 atom stereocenters. The lowest BCUT2D eigenvalue weighted by Gasteiger charge is -2.41. The summed E-state index contributed by atoms with van der Waals surface area (Å²) in [5, 5.41) is 3.15. The monoisotopic (exact) mass is 359 g/mol. The molecule has 0 bridgehead atoms. The summed E-state index contributed by atoms with van der Waals surface area (Å²) in [5.74, 6) is -0.545. The van der Waals surface area contributed by atoms with E-state index in [1.54, 1.807) is 24.3 Å². The molecule has 2 aliphatic rings. The van der Waals surface area contributed by atoms with Crippen LogP contribution in [0.15, 0.2) is 24.3 Å². The number of benzene rings is 1. The van der Waals surface area contributed by atoms with Gasteiger partial charge in [0.05, 0.1) is 12.7 Å². The molecule has 2 heterocycles. The minimum atomic E-state index is -0.425. The van der Waals surface area contributed by atoms with Crippen molar-refractivity contribution in [3.05, 3.63) is 35.4 Å². The van der Waals surface area contributed by atoms with Gasteiger partial charge < -0.3 is 15.0 Å². The first-order valence-corrected chi connectivity index (χ1v) is 9.48. The summed E-state index contributed by atoms with van der Waals surface area (Å²) in [4.78, 5) is 29.2. The zero-order chi connectivity index (χ0) is 18.5. The molecule has 1 amide bonds. The van der Waals surface area contributed by atoms with Gasteiger partial charge >= 0.3 is 5.97 Å². The molecule has 6 heteroatoms. The van der Waals surface area contributed by atoms with E-state index in [0.29, 0.717) is 17.2 Å². The molecule has 3 rings (SSSR count). The first-order chi connectivity index (χ1) is 12.6. The van der Waals surface area contributed by atoms with E-state index in [1.165, 1.54) is 20.0 Å². The summed E-state index contributed by atoms with van der Waals surface area (Å²) in [6.45, 7) is 4.34. The summed E-state index contributed by atoms with van der Waals surface area (Å²) < 4.78 is 4.73. The Morgan fingerprint density at radius 3 is 2.58 bits per heavy atom. The van der Waals surface area contributed by atoms with Crippen molar-refractivity contribution >= 4 is 11.9 Å². The van der Waals surface area contributed by atoms with E-state index in [9.17, 15) is 9.59 Å². The van der Waals surface area contributed by atoms with Gasteiger partial charge in [-0.2, -0.15) is 0 Å². The summed E-state index contributed by atoms with van der Waals surface area (Å²) in [5.41, 5.74) is 0.904. The smallest absolute Gasteiger partial charge is 0.337 e. The number of amides is 1. The van der Waals surface area contributed by atoms with Gasteiger partial charge in [-0.15, -0.1) is 0 Å². The van der Waals surface area contributed by atoms with Gasteiger partial charge in [0.2, 0.25) is 0 Å². The number of likely N-dealkylation sites (tertiary alicyclic amines) is 2. The SMILES string of the molecule is COC(=O)c1cccc(C(=O)N[C@@H]2CCCN(C3CCN(C)CC3)C2)c1. The van der Waals surface area contributed by atoms with Crippen LogP contribution in [0.5, 0.6) is 0 Å². The van der Waals surface area contributed by atoms with Crippen LogP contribution >= 0.6 is 0 Å². The molecule has 2 saturated heterocycles. The molecule has 26 heavy (non-hydrogen) atoms. The predicted molar refractivity (Wildman–Crippen MR) is 100 cm³/mol. The highest BCUT2D eigenvalue weighted by atomic mass is 16.5. The fourth-order valence-corrected chi connectivity index (χ4v) is 3.99. The van der Waals surface area contributed by atoms with Crippen LogP contribution in [-0.4, -0.2) is 74.1 Å². The Morgan fingerprint density at radius 1 is 1.12 bits per heavy atom. The molecule has 0 aliphatic carbocycles. The number of carbonyl (C=O) groups excluding carboxylic acids is 2. The number of rotatable bonds is 4. The highest BCUT2D eigenvalue weighted by Crippen LogP contribution is 2.21. The first kappa shape index (κ1) is 18.9. The average Bonchev–Trinajstić information content (AvgIpc) is 2.68.